The van der Waals surface area contributed by atoms with Crippen LogP contribution in [0.4, 0.5) is 4.48 Å². The monoisotopic (exact) mass is 201 g/mol. The van der Waals surface area contributed by atoms with Gasteiger partial charge in [-0.3, -0.25) is 0 Å². The minimum absolute atomic E-state index is 0.636. The first-order chi connectivity index (χ1) is 6.84. The van der Waals surface area contributed by atoms with Gasteiger partial charge in [-0.2, -0.15) is 0 Å². The molecule has 2 rings (SSSR count). The third-order valence-corrected chi connectivity index (χ3v) is 3.29. The molecule has 1 N–H and O–H groups in total. The summed E-state index contributed by atoms with van der Waals surface area (Å²) in [7, 11) is 0. The van der Waals surface area contributed by atoms with Gasteiger partial charge < -0.3 is 10.2 Å². The fourth-order valence-corrected chi connectivity index (χ4v) is 2.34. The second-order valence-corrected chi connectivity index (χ2v) is 4.40. The molecule has 0 radical (unpaired) electrons. The normalized spacial score (nSPS) is 28.1. The molecule has 3 nitrogen and oxygen atoms in total. The van der Waals surface area contributed by atoms with Crippen LogP contribution in [-0.2, 0) is 0 Å². The van der Waals surface area contributed by atoms with Crippen LogP contribution in [0.2, 0.25) is 0 Å². The van der Waals surface area contributed by atoms with Crippen molar-refractivity contribution in [2.75, 3.05) is 45.8 Å². The van der Waals surface area contributed by atoms with Crippen molar-refractivity contribution in [1.82, 2.24) is 15.3 Å². The van der Waals surface area contributed by atoms with Crippen LogP contribution in [0, 0.1) is 5.92 Å². The van der Waals surface area contributed by atoms with E-state index in [2.05, 4.69) is 10.2 Å². The Morgan fingerprint density at radius 1 is 1.07 bits per heavy atom. The molecule has 2 saturated heterocycles. The molecule has 2 aliphatic rings. The van der Waals surface area contributed by atoms with Gasteiger partial charge in [0.1, 0.15) is 0 Å². The van der Waals surface area contributed by atoms with Gasteiger partial charge in [0.05, 0.1) is 0 Å². The highest BCUT2D eigenvalue weighted by atomic mass is 19.2. The van der Waals surface area contributed by atoms with E-state index in [0.717, 1.165) is 50.1 Å². The van der Waals surface area contributed by atoms with Crippen LogP contribution in [0.15, 0.2) is 0 Å². The van der Waals surface area contributed by atoms with Gasteiger partial charge in [-0.1, -0.05) is 0 Å². The van der Waals surface area contributed by atoms with E-state index in [1.165, 1.54) is 6.54 Å². The lowest BCUT2D eigenvalue weighted by atomic mass is 9.97. The molecule has 0 aliphatic carbocycles. The first-order valence-electron chi connectivity index (χ1n) is 5.68. The molecule has 0 aromatic rings. The zero-order valence-electron chi connectivity index (χ0n) is 8.71. The molecule has 82 valence electrons. The number of nitrogens with one attached hydrogen (secondary N) is 1. The minimum atomic E-state index is 0.636. The van der Waals surface area contributed by atoms with Crippen molar-refractivity contribution in [3.63, 3.8) is 0 Å². The average molecular weight is 201 g/mol. The van der Waals surface area contributed by atoms with Crippen LogP contribution < -0.4 is 5.32 Å². The fourth-order valence-electron chi connectivity index (χ4n) is 2.34. The molecular formula is C10H20FN3. The maximum atomic E-state index is 12.7. The lowest BCUT2D eigenvalue weighted by Gasteiger charge is -2.33. The van der Waals surface area contributed by atoms with E-state index in [-0.39, 0.29) is 0 Å². The van der Waals surface area contributed by atoms with Crippen molar-refractivity contribution < 1.29 is 4.48 Å². The number of piperazine rings is 1. The van der Waals surface area contributed by atoms with Gasteiger partial charge in [0, 0.05) is 45.8 Å². The van der Waals surface area contributed by atoms with Gasteiger partial charge in [-0.15, -0.1) is 9.60 Å². The van der Waals surface area contributed by atoms with Gasteiger partial charge in [-0.25, -0.2) is 0 Å². The summed E-state index contributed by atoms with van der Waals surface area (Å²) in [5.74, 6) is 0.722. The Hall–Kier alpha value is -0.190. The second kappa shape index (κ2) is 5.05. The average Bonchev–Trinajstić information content (AvgIpc) is 2.23. The molecule has 2 fully saturated rings. The van der Waals surface area contributed by atoms with E-state index in [1.54, 1.807) is 0 Å². The van der Waals surface area contributed by atoms with Crippen molar-refractivity contribution in [3.05, 3.63) is 0 Å². The van der Waals surface area contributed by atoms with Crippen LogP contribution in [0.25, 0.3) is 0 Å². The predicted octanol–water partition coefficient (Wildman–Crippen LogP) is 0.488. The largest absolute Gasteiger partial charge is 0.314 e. The van der Waals surface area contributed by atoms with Crippen LogP contribution >= 0.6 is 0 Å². The molecule has 0 saturated carbocycles. The van der Waals surface area contributed by atoms with Crippen LogP contribution in [0.1, 0.15) is 12.8 Å². The van der Waals surface area contributed by atoms with E-state index >= 15 is 0 Å². The molecule has 2 heterocycles. The smallest absolute Gasteiger partial charge is 0.0293 e. The van der Waals surface area contributed by atoms with Gasteiger partial charge in [-0.05, 0) is 18.8 Å². The SMILES string of the molecule is FN1CCC(CN2CCNCC2)CC1. The fraction of sp³-hybridized carbons (Fsp3) is 1.00. The number of nitrogens with zero attached hydrogens (tertiary/aromatic N) is 2. The standard InChI is InChI=1S/C10H20FN3/c11-14-5-1-10(2-6-14)9-13-7-3-12-4-8-13/h10,12H,1-9H2. The van der Waals surface area contributed by atoms with E-state index in [1.807, 2.05) is 0 Å². The van der Waals surface area contributed by atoms with Crippen molar-refractivity contribution in [2.45, 2.75) is 12.8 Å². The number of hydrogen-bond donors (Lipinski definition) is 1. The lowest BCUT2D eigenvalue weighted by molar-refractivity contribution is -0.0138. The quantitative estimate of drug-likeness (QED) is 0.656. The summed E-state index contributed by atoms with van der Waals surface area (Å²) in [5, 5.41) is 4.30. The lowest BCUT2D eigenvalue weighted by Crippen LogP contribution is -2.46. The molecular weight excluding hydrogens is 181 g/mol. The summed E-state index contributed by atoms with van der Waals surface area (Å²) in [6.07, 6.45) is 2.06. The summed E-state index contributed by atoms with van der Waals surface area (Å²) < 4.78 is 12.7. The Morgan fingerprint density at radius 3 is 2.36 bits per heavy atom. The summed E-state index contributed by atoms with van der Waals surface area (Å²) in [6.45, 7) is 7.00. The summed E-state index contributed by atoms with van der Waals surface area (Å²) >= 11 is 0. The zero-order chi connectivity index (χ0) is 9.80. The number of halogens is 1. The van der Waals surface area contributed by atoms with E-state index in [9.17, 15) is 4.48 Å². The van der Waals surface area contributed by atoms with E-state index in [4.69, 9.17) is 0 Å². The molecule has 0 aromatic heterocycles. The maximum Gasteiger partial charge on any atom is 0.0293 e. The summed E-state index contributed by atoms with van der Waals surface area (Å²) in [5.41, 5.74) is 0. The molecule has 0 atom stereocenters. The molecule has 14 heavy (non-hydrogen) atoms. The topological polar surface area (TPSA) is 18.5 Å². The molecule has 0 spiro atoms. The first kappa shape index (κ1) is 10.3. The Balaban J connectivity index is 1.68. The van der Waals surface area contributed by atoms with E-state index in [0.29, 0.717) is 13.1 Å². The third kappa shape index (κ3) is 2.90. The predicted molar refractivity (Wildman–Crippen MR) is 54.7 cm³/mol. The van der Waals surface area contributed by atoms with Crippen LogP contribution in [-0.4, -0.2) is 55.8 Å². The first-order valence-corrected chi connectivity index (χ1v) is 5.68. The second-order valence-electron chi connectivity index (χ2n) is 4.40. The summed E-state index contributed by atoms with van der Waals surface area (Å²) in [4.78, 5) is 2.51. The molecule has 4 heteroatoms. The third-order valence-electron chi connectivity index (χ3n) is 3.29. The molecule has 0 unspecified atom stereocenters. The zero-order valence-corrected chi connectivity index (χ0v) is 8.71. The molecule has 2 aliphatic heterocycles. The minimum Gasteiger partial charge on any atom is -0.314 e. The Kier molecular flexibility index (Phi) is 3.73. The molecule has 0 bridgehead atoms. The number of hydrogen-bond acceptors (Lipinski definition) is 3. The van der Waals surface area contributed by atoms with Crippen molar-refractivity contribution in [1.29, 1.82) is 0 Å². The molecule has 0 amide bonds. The maximum absolute atomic E-state index is 12.7. The molecule has 0 aromatic carbocycles. The summed E-state index contributed by atoms with van der Waals surface area (Å²) in [6, 6.07) is 0. The number of rotatable bonds is 2. The highest BCUT2D eigenvalue weighted by Crippen LogP contribution is 2.18. The van der Waals surface area contributed by atoms with Gasteiger partial charge in [0.15, 0.2) is 0 Å². The highest BCUT2D eigenvalue weighted by Gasteiger charge is 2.21. The van der Waals surface area contributed by atoms with Gasteiger partial charge in [0.2, 0.25) is 0 Å². The van der Waals surface area contributed by atoms with Crippen molar-refractivity contribution >= 4 is 0 Å². The van der Waals surface area contributed by atoms with E-state index < -0.39 is 0 Å². The van der Waals surface area contributed by atoms with Gasteiger partial charge >= 0.3 is 0 Å². The Bertz CT molecular complexity index is 163. The van der Waals surface area contributed by atoms with Crippen molar-refractivity contribution in [2.24, 2.45) is 5.92 Å². The van der Waals surface area contributed by atoms with Crippen LogP contribution in [0.3, 0.4) is 0 Å². The Morgan fingerprint density at radius 2 is 1.71 bits per heavy atom. The Labute approximate surface area is 85.2 Å². The van der Waals surface area contributed by atoms with Crippen LogP contribution in [0.5, 0.6) is 0 Å². The number of piperidine rings is 1. The highest BCUT2D eigenvalue weighted by molar-refractivity contribution is 4.75. The van der Waals surface area contributed by atoms with Gasteiger partial charge in [0.25, 0.3) is 0 Å². The van der Waals surface area contributed by atoms with Crippen molar-refractivity contribution in [3.8, 4) is 0 Å².